The Kier molecular flexibility index (Phi) is 8.16. The molecule has 2 heterocycles. The van der Waals surface area contributed by atoms with Gasteiger partial charge in [0.1, 0.15) is 11.6 Å². The first kappa shape index (κ1) is 22.8. The van der Waals surface area contributed by atoms with Crippen molar-refractivity contribution < 1.29 is 13.9 Å². The van der Waals surface area contributed by atoms with Crippen LogP contribution in [-0.4, -0.2) is 36.7 Å². The van der Waals surface area contributed by atoms with Crippen molar-refractivity contribution in [3.63, 3.8) is 0 Å². The minimum Gasteiger partial charge on any atom is -0.493 e. The van der Waals surface area contributed by atoms with Gasteiger partial charge in [-0.25, -0.2) is 9.37 Å². The predicted molar refractivity (Wildman–Crippen MR) is 126 cm³/mol. The van der Waals surface area contributed by atoms with Crippen LogP contribution in [0.4, 0.5) is 4.39 Å². The Morgan fingerprint density at radius 2 is 1.88 bits per heavy atom. The third-order valence-corrected chi connectivity index (χ3v) is 6.82. The summed E-state index contributed by atoms with van der Waals surface area (Å²) < 4.78 is 26.1. The fourth-order valence-corrected chi connectivity index (χ4v) is 4.87. The topological polar surface area (TPSA) is 34.6 Å². The lowest BCUT2D eigenvalue weighted by Gasteiger charge is -2.30. The van der Waals surface area contributed by atoms with Crippen LogP contribution in [0.3, 0.4) is 0 Å². The van der Waals surface area contributed by atoms with Gasteiger partial charge in [-0.3, -0.25) is 4.90 Å². The molecule has 0 unspecified atom stereocenters. The minimum absolute atomic E-state index is 0.205. The Balaban J connectivity index is 1.32. The van der Waals surface area contributed by atoms with Crippen LogP contribution in [0, 0.1) is 17.7 Å². The number of methoxy groups -OCH3 is 1. The van der Waals surface area contributed by atoms with Crippen LogP contribution in [0.5, 0.6) is 11.6 Å². The lowest BCUT2D eigenvalue weighted by Crippen LogP contribution is -2.32. The molecule has 1 aliphatic carbocycles. The van der Waals surface area contributed by atoms with E-state index in [1.54, 1.807) is 19.4 Å². The summed E-state index contributed by atoms with van der Waals surface area (Å²) in [6.07, 6.45) is 14.4. The molecule has 0 bridgehead atoms. The molecule has 0 radical (unpaired) electrons. The Labute approximate surface area is 191 Å². The zero-order valence-corrected chi connectivity index (χ0v) is 19.1. The van der Waals surface area contributed by atoms with Gasteiger partial charge < -0.3 is 9.47 Å². The number of allylic oxidation sites excluding steroid dienone is 1. The largest absolute Gasteiger partial charge is 0.493 e. The monoisotopic (exact) mass is 438 g/mol. The maximum Gasteiger partial charge on any atom is 0.217 e. The zero-order chi connectivity index (χ0) is 22.2. The number of benzene rings is 1. The summed E-state index contributed by atoms with van der Waals surface area (Å²) in [5, 5.41) is 0. The quantitative estimate of drug-likeness (QED) is 0.498. The molecule has 0 N–H and O–H groups in total. The van der Waals surface area contributed by atoms with Gasteiger partial charge in [0.25, 0.3) is 0 Å². The first-order chi connectivity index (χ1) is 15.7. The van der Waals surface area contributed by atoms with Crippen LogP contribution >= 0.6 is 0 Å². The molecular weight excluding hydrogens is 403 g/mol. The van der Waals surface area contributed by atoms with E-state index in [1.165, 1.54) is 38.2 Å². The number of hydrogen-bond donors (Lipinski definition) is 0. The molecule has 4 rings (SSSR count). The number of aromatic nitrogens is 1. The van der Waals surface area contributed by atoms with E-state index < -0.39 is 0 Å². The average Bonchev–Trinajstić information content (AvgIpc) is 2.84. The molecule has 1 saturated heterocycles. The normalized spacial score (nSPS) is 18.8. The molecule has 2 fully saturated rings. The third-order valence-electron chi connectivity index (χ3n) is 6.82. The molecule has 2 aromatic rings. The summed E-state index contributed by atoms with van der Waals surface area (Å²) in [4.78, 5) is 6.73. The highest BCUT2D eigenvalue weighted by molar-refractivity contribution is 5.58. The Hall–Kier alpha value is -2.40. The van der Waals surface area contributed by atoms with Crippen LogP contribution in [-0.2, 0) is 6.54 Å². The number of ether oxygens (including phenoxy) is 2. The van der Waals surface area contributed by atoms with Gasteiger partial charge >= 0.3 is 0 Å². The number of hydrogen-bond acceptors (Lipinski definition) is 4. The number of rotatable bonds is 8. The van der Waals surface area contributed by atoms with Gasteiger partial charge in [0.2, 0.25) is 5.88 Å². The predicted octanol–water partition coefficient (Wildman–Crippen LogP) is 6.11. The zero-order valence-electron chi connectivity index (χ0n) is 19.1. The molecule has 1 saturated carbocycles. The van der Waals surface area contributed by atoms with Crippen molar-refractivity contribution >= 4 is 6.08 Å². The first-order valence-corrected chi connectivity index (χ1v) is 12.0. The van der Waals surface area contributed by atoms with Crippen molar-refractivity contribution in [1.82, 2.24) is 9.88 Å². The summed E-state index contributed by atoms with van der Waals surface area (Å²) >= 11 is 0. The molecule has 1 aliphatic heterocycles. The molecule has 1 aromatic heterocycles. The van der Waals surface area contributed by atoms with Gasteiger partial charge in [-0.2, -0.15) is 0 Å². The van der Waals surface area contributed by atoms with E-state index in [-0.39, 0.29) is 5.82 Å². The lowest BCUT2D eigenvalue weighted by molar-refractivity contribution is 0.193. The van der Waals surface area contributed by atoms with Crippen LogP contribution in [0.2, 0.25) is 0 Å². The van der Waals surface area contributed by atoms with Crippen LogP contribution in [0.15, 0.2) is 42.6 Å². The summed E-state index contributed by atoms with van der Waals surface area (Å²) in [5.41, 5.74) is 1.71. The molecule has 0 amide bonds. The smallest absolute Gasteiger partial charge is 0.217 e. The van der Waals surface area contributed by atoms with Crippen molar-refractivity contribution in [1.29, 1.82) is 0 Å². The van der Waals surface area contributed by atoms with Gasteiger partial charge in [0.05, 0.1) is 19.3 Å². The highest BCUT2D eigenvalue weighted by atomic mass is 19.1. The van der Waals surface area contributed by atoms with Gasteiger partial charge in [-0.1, -0.05) is 43.5 Å². The van der Waals surface area contributed by atoms with E-state index in [0.29, 0.717) is 35.6 Å². The summed E-state index contributed by atoms with van der Waals surface area (Å²) in [6, 6.07) is 9.20. The molecule has 172 valence electrons. The number of piperidine rings is 1. The highest BCUT2D eigenvalue weighted by Gasteiger charge is 2.20. The molecule has 32 heavy (non-hydrogen) atoms. The van der Waals surface area contributed by atoms with Crippen molar-refractivity contribution in [2.24, 2.45) is 11.8 Å². The van der Waals surface area contributed by atoms with E-state index in [0.717, 1.165) is 38.0 Å². The third kappa shape index (κ3) is 6.10. The molecule has 4 nitrogen and oxygen atoms in total. The summed E-state index contributed by atoms with van der Waals surface area (Å²) in [7, 11) is 1.67. The van der Waals surface area contributed by atoms with E-state index in [4.69, 9.17) is 9.47 Å². The molecule has 0 atom stereocenters. The van der Waals surface area contributed by atoms with Gasteiger partial charge in [-0.15, -0.1) is 0 Å². The average molecular weight is 439 g/mol. The highest BCUT2D eigenvalue weighted by Crippen LogP contribution is 2.29. The lowest BCUT2D eigenvalue weighted by atomic mass is 9.90. The molecule has 5 heteroatoms. The Morgan fingerprint density at radius 3 is 2.66 bits per heavy atom. The molecule has 1 aromatic carbocycles. The second-order valence-electron chi connectivity index (χ2n) is 9.11. The van der Waals surface area contributed by atoms with Gasteiger partial charge in [0.15, 0.2) is 0 Å². The van der Waals surface area contributed by atoms with E-state index in [1.807, 2.05) is 18.2 Å². The fraction of sp³-hybridized carbons (Fsp3) is 0.519. The molecular formula is C27H35FN2O2. The molecule has 0 spiro atoms. The SMILES string of the molecule is COc1ncccc1CN1CCC(C=Cc2c(F)cccc2OCC2CCCCC2)CC1. The van der Waals surface area contributed by atoms with Crippen LogP contribution < -0.4 is 9.47 Å². The first-order valence-electron chi connectivity index (χ1n) is 12.0. The fourth-order valence-electron chi connectivity index (χ4n) is 4.87. The Morgan fingerprint density at radius 1 is 1.06 bits per heavy atom. The second-order valence-corrected chi connectivity index (χ2v) is 9.11. The van der Waals surface area contributed by atoms with Crippen molar-refractivity contribution in [2.45, 2.75) is 51.5 Å². The number of nitrogens with zero attached hydrogens (tertiary/aromatic N) is 2. The maximum atomic E-state index is 14.6. The second kappa shape index (κ2) is 11.5. The summed E-state index contributed by atoms with van der Waals surface area (Å²) in [6.45, 7) is 3.56. The van der Waals surface area contributed by atoms with E-state index >= 15 is 0 Å². The van der Waals surface area contributed by atoms with Gasteiger partial charge in [-0.05, 0) is 68.8 Å². The van der Waals surface area contributed by atoms with Crippen LogP contribution in [0.25, 0.3) is 6.08 Å². The number of pyridine rings is 1. The maximum absolute atomic E-state index is 14.6. The standard InChI is InChI=1S/C27H35FN2O2/c1-31-27-23(9-6-16-29-27)19-30-17-14-21(15-18-30)12-13-24-25(28)10-5-11-26(24)32-20-22-7-3-2-4-8-22/h5-6,9-13,16,21-22H,2-4,7-8,14-15,17-20H2,1H3. The van der Waals surface area contributed by atoms with Crippen molar-refractivity contribution in [3.05, 3.63) is 59.5 Å². The summed E-state index contributed by atoms with van der Waals surface area (Å²) in [5.74, 6) is 2.23. The van der Waals surface area contributed by atoms with Crippen molar-refractivity contribution in [2.75, 3.05) is 26.8 Å². The van der Waals surface area contributed by atoms with E-state index in [9.17, 15) is 4.39 Å². The van der Waals surface area contributed by atoms with Crippen LogP contribution in [0.1, 0.15) is 56.1 Å². The number of halogens is 1. The number of likely N-dealkylation sites (tertiary alicyclic amines) is 1. The minimum atomic E-state index is -0.205. The Bertz CT molecular complexity index is 887. The van der Waals surface area contributed by atoms with Crippen molar-refractivity contribution in [3.8, 4) is 11.6 Å². The van der Waals surface area contributed by atoms with Gasteiger partial charge in [0, 0.05) is 18.3 Å². The van der Waals surface area contributed by atoms with E-state index in [2.05, 4.69) is 22.0 Å². The molecule has 2 aliphatic rings.